The van der Waals surface area contributed by atoms with E-state index in [1.807, 2.05) is 19.2 Å². The molecular formula is C28H34F3N5O4. The van der Waals surface area contributed by atoms with Gasteiger partial charge in [0.2, 0.25) is 5.91 Å². The quantitative estimate of drug-likeness (QED) is 0.407. The number of hydrogen-bond donors (Lipinski definition) is 3. The summed E-state index contributed by atoms with van der Waals surface area (Å²) in [5, 5.41) is 12.1. The fourth-order valence-corrected chi connectivity index (χ4v) is 5.60. The Kier molecular flexibility index (Phi) is 7.89. The number of nitrogens with one attached hydrogen (secondary N) is 3. The van der Waals surface area contributed by atoms with E-state index in [9.17, 15) is 27.6 Å². The molecule has 9 nitrogen and oxygen atoms in total. The molecule has 12 heteroatoms. The Morgan fingerprint density at radius 1 is 1.10 bits per heavy atom. The molecule has 2 atom stereocenters. The Morgan fingerprint density at radius 3 is 2.42 bits per heavy atom. The highest BCUT2D eigenvalue weighted by Gasteiger charge is 2.48. The van der Waals surface area contributed by atoms with Gasteiger partial charge in [0.1, 0.15) is 18.3 Å². The molecule has 2 saturated carbocycles. The first-order valence-electron chi connectivity index (χ1n) is 13.8. The maximum atomic E-state index is 13.7. The zero-order chi connectivity index (χ0) is 28.6. The van der Waals surface area contributed by atoms with Gasteiger partial charge in [-0.15, -0.1) is 0 Å². The van der Waals surface area contributed by atoms with Crippen molar-refractivity contribution < 1.29 is 32.3 Å². The number of fused-ring (bicyclic) bond motifs is 1. The van der Waals surface area contributed by atoms with E-state index in [0.717, 1.165) is 25.7 Å². The zero-order valence-electron chi connectivity index (χ0n) is 22.5. The molecule has 3 aliphatic rings. The Balaban J connectivity index is 1.33. The summed E-state index contributed by atoms with van der Waals surface area (Å²) in [4.78, 5) is 39.4. The summed E-state index contributed by atoms with van der Waals surface area (Å²) in [5.41, 5.74) is 2.04. The normalized spacial score (nSPS) is 19.7. The smallest absolute Gasteiger partial charge is 0.363 e. The van der Waals surface area contributed by atoms with Crippen molar-refractivity contribution in [3.8, 4) is 0 Å². The standard InChI is InChI=1S/C28H34F3N5O4/c1-15(2)36-21(9-11-33-36)25(37)35-23(22(16-3-4-16)17-5-6-17)26(38)34-19-7-8-20-18(13-19)10-12-40-24(20)27(39)32-14-28(29,30)31/h7-9,11,13,15-17,22-24H,3-6,10,12,14H2,1-2H3,(H,32,39)(H,34,38)(H,35,37)/t23?,24-/m1/s1. The average molecular weight is 562 g/mol. The first-order chi connectivity index (χ1) is 19.0. The third-order valence-corrected chi connectivity index (χ3v) is 7.73. The highest BCUT2D eigenvalue weighted by molar-refractivity contribution is 6.01. The average Bonchev–Trinajstić information content (AvgIpc) is 3.85. The third-order valence-electron chi connectivity index (χ3n) is 7.73. The van der Waals surface area contributed by atoms with E-state index in [2.05, 4.69) is 15.7 Å². The summed E-state index contributed by atoms with van der Waals surface area (Å²) >= 11 is 0. The van der Waals surface area contributed by atoms with Crippen molar-refractivity contribution in [2.75, 3.05) is 18.5 Å². The van der Waals surface area contributed by atoms with Crippen LogP contribution in [0.3, 0.4) is 0 Å². The Hall–Kier alpha value is -3.41. The second kappa shape index (κ2) is 11.2. The summed E-state index contributed by atoms with van der Waals surface area (Å²) in [6, 6.07) is 5.80. The van der Waals surface area contributed by atoms with Crippen molar-refractivity contribution >= 4 is 23.4 Å². The van der Waals surface area contributed by atoms with Gasteiger partial charge in [-0.1, -0.05) is 6.07 Å². The van der Waals surface area contributed by atoms with Gasteiger partial charge in [0.15, 0.2) is 6.10 Å². The summed E-state index contributed by atoms with van der Waals surface area (Å²) in [6.45, 7) is 2.57. The summed E-state index contributed by atoms with van der Waals surface area (Å²) in [7, 11) is 0. The van der Waals surface area contributed by atoms with E-state index in [1.54, 1.807) is 35.1 Å². The second-order valence-electron chi connectivity index (χ2n) is 11.2. The molecule has 2 fully saturated rings. The predicted molar refractivity (Wildman–Crippen MR) is 139 cm³/mol. The molecule has 3 amide bonds. The lowest BCUT2D eigenvalue weighted by atomic mass is 9.88. The van der Waals surface area contributed by atoms with Crippen LogP contribution in [0.25, 0.3) is 0 Å². The number of aromatic nitrogens is 2. The van der Waals surface area contributed by atoms with E-state index in [1.165, 1.54) is 0 Å². The number of alkyl halides is 3. The number of ether oxygens (including phenoxy) is 1. The molecule has 1 aromatic carbocycles. The van der Waals surface area contributed by atoms with Crippen LogP contribution >= 0.6 is 0 Å². The second-order valence-corrected chi connectivity index (χ2v) is 11.2. The van der Waals surface area contributed by atoms with E-state index in [4.69, 9.17) is 4.74 Å². The van der Waals surface area contributed by atoms with Crippen molar-refractivity contribution in [2.45, 2.75) is 70.3 Å². The van der Waals surface area contributed by atoms with Crippen molar-refractivity contribution in [3.63, 3.8) is 0 Å². The number of carbonyl (C=O) groups excluding carboxylic acids is 3. The molecule has 0 radical (unpaired) electrons. The molecule has 0 bridgehead atoms. The van der Waals surface area contributed by atoms with Gasteiger partial charge < -0.3 is 20.7 Å². The number of nitrogens with zero attached hydrogens (tertiary/aromatic N) is 2. The van der Waals surface area contributed by atoms with Gasteiger partial charge in [0.05, 0.1) is 6.61 Å². The van der Waals surface area contributed by atoms with Crippen molar-refractivity contribution in [2.24, 2.45) is 17.8 Å². The number of anilines is 1. The topological polar surface area (TPSA) is 114 Å². The minimum Gasteiger partial charge on any atom is -0.363 e. The molecule has 0 spiro atoms. The predicted octanol–water partition coefficient (Wildman–Crippen LogP) is 3.93. The third kappa shape index (κ3) is 6.48. The molecular weight excluding hydrogens is 527 g/mol. The van der Waals surface area contributed by atoms with Crippen LogP contribution in [0.4, 0.5) is 18.9 Å². The lowest BCUT2D eigenvalue weighted by Crippen LogP contribution is -2.50. The largest absolute Gasteiger partial charge is 0.405 e. The fourth-order valence-electron chi connectivity index (χ4n) is 5.60. The van der Waals surface area contributed by atoms with Crippen molar-refractivity contribution in [3.05, 3.63) is 47.3 Å². The van der Waals surface area contributed by atoms with Gasteiger partial charge in [-0.05, 0) is 93.0 Å². The molecule has 1 aromatic heterocycles. The van der Waals surface area contributed by atoms with Crippen LogP contribution in [0.2, 0.25) is 0 Å². The Morgan fingerprint density at radius 2 is 1.80 bits per heavy atom. The van der Waals surface area contributed by atoms with Crippen LogP contribution in [0.1, 0.15) is 73.3 Å². The number of benzene rings is 1. The molecule has 3 N–H and O–H groups in total. The molecule has 2 aromatic rings. The van der Waals surface area contributed by atoms with Gasteiger partial charge in [-0.2, -0.15) is 18.3 Å². The summed E-state index contributed by atoms with van der Waals surface area (Å²) in [5.74, 6) is -0.736. The lowest BCUT2D eigenvalue weighted by molar-refractivity contribution is -0.146. The number of rotatable bonds is 10. The molecule has 1 unspecified atom stereocenters. The maximum Gasteiger partial charge on any atom is 0.405 e. The van der Waals surface area contributed by atoms with Crippen LogP contribution in [0.15, 0.2) is 30.5 Å². The van der Waals surface area contributed by atoms with E-state index in [0.29, 0.717) is 40.8 Å². The lowest BCUT2D eigenvalue weighted by Gasteiger charge is -2.28. The number of hydrogen-bond acceptors (Lipinski definition) is 5. The van der Waals surface area contributed by atoms with Crippen LogP contribution in [-0.4, -0.2) is 52.9 Å². The molecule has 40 heavy (non-hydrogen) atoms. The number of carbonyl (C=O) groups is 3. The highest BCUT2D eigenvalue weighted by Crippen LogP contribution is 2.51. The summed E-state index contributed by atoms with van der Waals surface area (Å²) in [6.07, 6.45) is 0.430. The van der Waals surface area contributed by atoms with Crippen LogP contribution in [-0.2, 0) is 20.7 Å². The fraction of sp³-hybridized carbons (Fsp3) is 0.571. The van der Waals surface area contributed by atoms with Crippen LogP contribution < -0.4 is 16.0 Å². The summed E-state index contributed by atoms with van der Waals surface area (Å²) < 4.78 is 44.8. The molecule has 216 valence electrons. The SMILES string of the molecule is CC(C)n1nccc1C(=O)NC(C(=O)Nc1ccc2c(c1)CCO[C@H]2C(=O)NCC(F)(F)F)C(C1CC1)C1CC1. The molecule has 1 aliphatic heterocycles. The Labute approximate surface area is 230 Å². The van der Waals surface area contributed by atoms with Crippen LogP contribution in [0.5, 0.6) is 0 Å². The number of halogens is 3. The van der Waals surface area contributed by atoms with E-state index < -0.39 is 30.8 Å². The van der Waals surface area contributed by atoms with Gasteiger partial charge >= 0.3 is 6.18 Å². The Bertz CT molecular complexity index is 1260. The van der Waals surface area contributed by atoms with Crippen molar-refractivity contribution in [1.29, 1.82) is 0 Å². The van der Waals surface area contributed by atoms with Crippen molar-refractivity contribution in [1.82, 2.24) is 20.4 Å². The first kappa shape index (κ1) is 28.1. The number of amides is 3. The molecule has 5 rings (SSSR count). The van der Waals surface area contributed by atoms with Gasteiger partial charge in [-0.3, -0.25) is 19.1 Å². The van der Waals surface area contributed by atoms with Crippen LogP contribution in [0, 0.1) is 17.8 Å². The van der Waals surface area contributed by atoms with Gasteiger partial charge in [0.25, 0.3) is 11.8 Å². The first-order valence-corrected chi connectivity index (χ1v) is 13.8. The minimum absolute atomic E-state index is 0.0236. The molecule has 0 saturated heterocycles. The van der Waals surface area contributed by atoms with E-state index in [-0.39, 0.29) is 30.4 Å². The molecule has 2 heterocycles. The monoisotopic (exact) mass is 561 g/mol. The zero-order valence-corrected chi connectivity index (χ0v) is 22.5. The van der Waals surface area contributed by atoms with Gasteiger partial charge in [0, 0.05) is 17.9 Å². The maximum absolute atomic E-state index is 13.7. The van der Waals surface area contributed by atoms with E-state index >= 15 is 0 Å². The molecule has 2 aliphatic carbocycles. The highest BCUT2D eigenvalue weighted by atomic mass is 19.4. The minimum atomic E-state index is -4.53. The van der Waals surface area contributed by atoms with Gasteiger partial charge in [-0.25, -0.2) is 0 Å².